The molecule has 1 aromatic rings. The Morgan fingerprint density at radius 2 is 2.41 bits per heavy atom. The number of anilines is 1. The number of carbonyl (C=O) groups excluding carboxylic acids is 1. The SMILES string of the molecule is Cc1cc(NC(=O)C2CCOC2C)cnc1Cl. The molecule has 1 saturated heterocycles. The molecule has 1 fully saturated rings. The predicted octanol–water partition coefficient (Wildman–Crippen LogP) is 2.41. The molecule has 1 N–H and O–H groups in total. The number of aryl methyl sites for hydroxylation is 1. The molecule has 2 unspecified atom stereocenters. The second-order valence-corrected chi connectivity index (χ2v) is 4.65. The lowest BCUT2D eigenvalue weighted by molar-refractivity contribution is -0.121. The zero-order valence-corrected chi connectivity index (χ0v) is 10.6. The quantitative estimate of drug-likeness (QED) is 0.825. The average molecular weight is 255 g/mol. The summed E-state index contributed by atoms with van der Waals surface area (Å²) in [6.45, 7) is 4.42. The molecule has 4 nitrogen and oxygen atoms in total. The number of halogens is 1. The molecule has 0 spiro atoms. The van der Waals surface area contributed by atoms with Crippen molar-refractivity contribution in [1.29, 1.82) is 0 Å². The van der Waals surface area contributed by atoms with Gasteiger partial charge in [0.15, 0.2) is 0 Å². The molecule has 92 valence electrons. The third-order valence-corrected chi connectivity index (χ3v) is 3.39. The van der Waals surface area contributed by atoms with Gasteiger partial charge in [-0.3, -0.25) is 4.79 Å². The normalized spacial score (nSPS) is 23.7. The fraction of sp³-hybridized carbons (Fsp3) is 0.500. The summed E-state index contributed by atoms with van der Waals surface area (Å²) in [5.74, 6) is -0.0930. The molecular weight excluding hydrogens is 240 g/mol. The lowest BCUT2D eigenvalue weighted by Crippen LogP contribution is -2.27. The largest absolute Gasteiger partial charge is 0.378 e. The van der Waals surface area contributed by atoms with Gasteiger partial charge in [0.2, 0.25) is 5.91 Å². The lowest BCUT2D eigenvalue weighted by atomic mass is 10.0. The Balaban J connectivity index is 2.05. The Labute approximate surface area is 105 Å². The first-order valence-corrected chi connectivity index (χ1v) is 6.00. The highest BCUT2D eigenvalue weighted by Gasteiger charge is 2.30. The highest BCUT2D eigenvalue weighted by Crippen LogP contribution is 2.23. The van der Waals surface area contributed by atoms with Gasteiger partial charge in [-0.2, -0.15) is 0 Å². The summed E-state index contributed by atoms with van der Waals surface area (Å²) >= 11 is 5.82. The van der Waals surface area contributed by atoms with Gasteiger partial charge in [-0.25, -0.2) is 4.98 Å². The van der Waals surface area contributed by atoms with E-state index in [1.165, 1.54) is 0 Å². The first-order chi connectivity index (χ1) is 8.08. The number of ether oxygens (including phenoxy) is 1. The minimum Gasteiger partial charge on any atom is -0.378 e. The first kappa shape index (κ1) is 12.3. The monoisotopic (exact) mass is 254 g/mol. The number of rotatable bonds is 2. The Morgan fingerprint density at radius 3 is 3.00 bits per heavy atom. The molecule has 2 rings (SSSR count). The third-order valence-electron chi connectivity index (χ3n) is 2.99. The van der Waals surface area contributed by atoms with Gasteiger partial charge in [0, 0.05) is 6.61 Å². The minimum absolute atomic E-state index is 0.0153. The molecule has 0 aliphatic carbocycles. The van der Waals surface area contributed by atoms with Crippen LogP contribution < -0.4 is 5.32 Å². The molecule has 2 atom stereocenters. The number of amides is 1. The molecule has 0 radical (unpaired) electrons. The van der Waals surface area contributed by atoms with Gasteiger partial charge in [0.05, 0.1) is 23.9 Å². The van der Waals surface area contributed by atoms with Crippen LogP contribution >= 0.6 is 11.6 Å². The molecule has 1 aliphatic rings. The molecule has 1 amide bonds. The molecule has 2 heterocycles. The van der Waals surface area contributed by atoms with Gasteiger partial charge in [-0.15, -0.1) is 0 Å². The van der Waals surface area contributed by atoms with Crippen LogP contribution in [0.3, 0.4) is 0 Å². The van der Waals surface area contributed by atoms with Crippen LogP contribution in [0.2, 0.25) is 5.15 Å². The number of carbonyl (C=O) groups is 1. The molecule has 1 aliphatic heterocycles. The average Bonchev–Trinajstić information content (AvgIpc) is 2.70. The van der Waals surface area contributed by atoms with Gasteiger partial charge >= 0.3 is 0 Å². The van der Waals surface area contributed by atoms with E-state index in [1.54, 1.807) is 6.20 Å². The number of hydrogen-bond acceptors (Lipinski definition) is 3. The maximum Gasteiger partial charge on any atom is 0.230 e. The van der Waals surface area contributed by atoms with Gasteiger partial charge in [0.1, 0.15) is 5.15 Å². The topological polar surface area (TPSA) is 51.2 Å². The number of nitrogens with one attached hydrogen (secondary N) is 1. The highest BCUT2D eigenvalue weighted by molar-refractivity contribution is 6.30. The lowest BCUT2D eigenvalue weighted by Gasteiger charge is -2.14. The number of nitrogens with zero attached hydrogens (tertiary/aromatic N) is 1. The van der Waals surface area contributed by atoms with Crippen LogP contribution in [0.1, 0.15) is 18.9 Å². The van der Waals surface area contributed by atoms with Crippen LogP contribution in [0.15, 0.2) is 12.3 Å². The molecule has 0 saturated carbocycles. The van der Waals surface area contributed by atoms with E-state index in [0.29, 0.717) is 17.4 Å². The van der Waals surface area contributed by atoms with Crippen molar-refractivity contribution in [3.05, 3.63) is 23.0 Å². The summed E-state index contributed by atoms with van der Waals surface area (Å²) in [6, 6.07) is 1.81. The van der Waals surface area contributed by atoms with Crippen LogP contribution in [0, 0.1) is 12.8 Å². The summed E-state index contributed by atoms with van der Waals surface area (Å²) in [4.78, 5) is 16.0. The van der Waals surface area contributed by atoms with Crippen molar-refractivity contribution in [2.24, 2.45) is 5.92 Å². The second kappa shape index (κ2) is 5.02. The zero-order chi connectivity index (χ0) is 12.4. The van der Waals surface area contributed by atoms with Crippen molar-refractivity contribution in [2.75, 3.05) is 11.9 Å². The third kappa shape index (κ3) is 2.76. The van der Waals surface area contributed by atoms with Gasteiger partial charge in [-0.05, 0) is 31.9 Å². The molecule has 0 bridgehead atoms. The second-order valence-electron chi connectivity index (χ2n) is 4.29. The van der Waals surface area contributed by atoms with Crippen LogP contribution in [0.4, 0.5) is 5.69 Å². The molecule has 1 aromatic heterocycles. The fourth-order valence-electron chi connectivity index (χ4n) is 1.94. The van der Waals surface area contributed by atoms with E-state index >= 15 is 0 Å². The molecule has 17 heavy (non-hydrogen) atoms. The number of hydrogen-bond donors (Lipinski definition) is 1. The molecule has 5 heteroatoms. The van der Waals surface area contributed by atoms with Gasteiger partial charge < -0.3 is 10.1 Å². The van der Waals surface area contributed by atoms with Crippen molar-refractivity contribution in [3.8, 4) is 0 Å². The standard InChI is InChI=1S/C12H15ClN2O2/c1-7-5-9(6-14-11(7)13)15-12(16)10-3-4-17-8(10)2/h5-6,8,10H,3-4H2,1-2H3,(H,15,16). The van der Waals surface area contributed by atoms with E-state index in [1.807, 2.05) is 19.9 Å². The predicted molar refractivity (Wildman–Crippen MR) is 66.1 cm³/mol. The van der Waals surface area contributed by atoms with Crippen molar-refractivity contribution in [2.45, 2.75) is 26.4 Å². The van der Waals surface area contributed by atoms with E-state index < -0.39 is 0 Å². The summed E-state index contributed by atoms with van der Waals surface area (Å²) in [5, 5.41) is 3.30. The smallest absolute Gasteiger partial charge is 0.230 e. The van der Waals surface area contributed by atoms with Crippen LogP contribution in [0.5, 0.6) is 0 Å². The molecule has 0 aromatic carbocycles. The maximum absolute atomic E-state index is 12.0. The Bertz CT molecular complexity index is 437. The Hall–Kier alpha value is -1.13. The first-order valence-electron chi connectivity index (χ1n) is 5.62. The molecular formula is C12H15ClN2O2. The fourth-order valence-corrected chi connectivity index (χ4v) is 2.04. The van der Waals surface area contributed by atoms with Crippen molar-refractivity contribution >= 4 is 23.2 Å². The minimum atomic E-state index is -0.0778. The van der Waals surface area contributed by atoms with E-state index in [9.17, 15) is 4.79 Å². The summed E-state index contributed by atoms with van der Waals surface area (Å²) in [5.41, 5.74) is 1.52. The summed E-state index contributed by atoms with van der Waals surface area (Å²) in [6.07, 6.45) is 2.32. The van der Waals surface area contributed by atoms with E-state index in [-0.39, 0.29) is 17.9 Å². The van der Waals surface area contributed by atoms with Crippen LogP contribution in [0.25, 0.3) is 0 Å². The van der Waals surface area contributed by atoms with Gasteiger partial charge in [0.25, 0.3) is 0 Å². The van der Waals surface area contributed by atoms with E-state index in [4.69, 9.17) is 16.3 Å². The maximum atomic E-state index is 12.0. The zero-order valence-electron chi connectivity index (χ0n) is 9.87. The number of pyridine rings is 1. The van der Waals surface area contributed by atoms with Gasteiger partial charge in [-0.1, -0.05) is 11.6 Å². The Kier molecular flexibility index (Phi) is 3.64. The van der Waals surface area contributed by atoms with E-state index in [0.717, 1.165) is 12.0 Å². The number of aromatic nitrogens is 1. The summed E-state index contributed by atoms with van der Waals surface area (Å²) in [7, 11) is 0. The van der Waals surface area contributed by atoms with Crippen molar-refractivity contribution in [3.63, 3.8) is 0 Å². The Morgan fingerprint density at radius 1 is 1.65 bits per heavy atom. The van der Waals surface area contributed by atoms with E-state index in [2.05, 4.69) is 10.3 Å². The van der Waals surface area contributed by atoms with Crippen molar-refractivity contribution < 1.29 is 9.53 Å². The van der Waals surface area contributed by atoms with Crippen LogP contribution in [-0.4, -0.2) is 23.6 Å². The summed E-state index contributed by atoms with van der Waals surface area (Å²) < 4.78 is 5.37. The van der Waals surface area contributed by atoms with Crippen LogP contribution in [-0.2, 0) is 9.53 Å². The highest BCUT2D eigenvalue weighted by atomic mass is 35.5. The van der Waals surface area contributed by atoms with Crippen molar-refractivity contribution in [1.82, 2.24) is 4.98 Å².